The number of rotatable bonds is 6. The number of likely N-dealkylation sites (tertiary alicyclic amines) is 1. The highest BCUT2D eigenvalue weighted by Gasteiger charge is 2.26. The van der Waals surface area contributed by atoms with Gasteiger partial charge in [-0.2, -0.15) is 0 Å². The number of carbonyl (C=O) groups is 1. The Balaban J connectivity index is 1.83. The van der Waals surface area contributed by atoms with Crippen LogP contribution in [0.25, 0.3) is 0 Å². The minimum absolute atomic E-state index is 0.00152. The summed E-state index contributed by atoms with van der Waals surface area (Å²) in [6.45, 7) is 2.52. The highest BCUT2D eigenvalue weighted by atomic mass is 32.1. The van der Waals surface area contributed by atoms with Crippen molar-refractivity contribution in [3.8, 4) is 0 Å². The molecule has 1 fully saturated rings. The van der Waals surface area contributed by atoms with Crippen molar-refractivity contribution in [3.05, 3.63) is 27.1 Å². The molecule has 0 atom stereocenters. The van der Waals surface area contributed by atoms with Gasteiger partial charge in [-0.05, 0) is 31.9 Å². The Hall–Kier alpha value is -1.51. The number of nitro groups is 1. The molecule has 116 valence electrons. The topological polar surface area (TPSA) is 98.7 Å². The molecule has 0 bridgehead atoms. The Bertz CT molecular complexity index is 497. The quantitative estimate of drug-likeness (QED) is 0.489. The fourth-order valence-electron chi connectivity index (χ4n) is 2.26. The average molecular weight is 313 g/mol. The minimum Gasteiger partial charge on any atom is -0.378 e. The summed E-state index contributed by atoms with van der Waals surface area (Å²) in [4.78, 5) is 24.6. The molecular weight excluding hydrogens is 294 g/mol. The zero-order valence-electron chi connectivity index (χ0n) is 11.7. The molecule has 0 unspecified atom stereocenters. The fourth-order valence-corrected chi connectivity index (χ4v) is 3.04. The molecule has 1 amide bonds. The minimum atomic E-state index is -0.473. The van der Waals surface area contributed by atoms with E-state index in [9.17, 15) is 14.9 Å². The molecule has 1 aromatic heterocycles. The van der Waals surface area contributed by atoms with Gasteiger partial charge in [-0.1, -0.05) is 11.3 Å². The fraction of sp³-hybridized carbons (Fsp3) is 0.615. The van der Waals surface area contributed by atoms with E-state index in [2.05, 4.69) is 0 Å². The van der Waals surface area contributed by atoms with Crippen LogP contribution in [-0.2, 0) is 4.74 Å². The molecule has 1 aromatic rings. The maximum absolute atomic E-state index is 12.3. The van der Waals surface area contributed by atoms with Crippen LogP contribution in [-0.4, -0.2) is 48.1 Å². The molecule has 8 heteroatoms. The zero-order valence-corrected chi connectivity index (χ0v) is 12.5. The maximum atomic E-state index is 12.3. The second-order valence-corrected chi connectivity index (χ2v) is 5.96. The first-order valence-corrected chi connectivity index (χ1v) is 7.78. The number of nitrogens with two attached hydrogens (primary N) is 1. The first kappa shape index (κ1) is 15.9. The summed E-state index contributed by atoms with van der Waals surface area (Å²) < 4.78 is 5.69. The van der Waals surface area contributed by atoms with Crippen LogP contribution < -0.4 is 5.73 Å². The van der Waals surface area contributed by atoms with E-state index < -0.39 is 4.92 Å². The molecule has 0 saturated carbocycles. The van der Waals surface area contributed by atoms with E-state index in [0.29, 0.717) is 31.1 Å². The molecule has 2 heterocycles. The van der Waals surface area contributed by atoms with E-state index in [4.69, 9.17) is 10.5 Å². The molecule has 1 saturated heterocycles. The van der Waals surface area contributed by atoms with Gasteiger partial charge in [0.05, 0.1) is 15.9 Å². The van der Waals surface area contributed by atoms with Crippen LogP contribution in [0.3, 0.4) is 0 Å². The van der Waals surface area contributed by atoms with Crippen LogP contribution in [0.4, 0.5) is 5.00 Å². The van der Waals surface area contributed by atoms with E-state index in [0.717, 1.165) is 30.6 Å². The SMILES string of the molecule is NCCCOC1CCN(C(=O)c2ccc([N+](=O)[O-])s2)CC1. The van der Waals surface area contributed by atoms with Crippen molar-refractivity contribution in [2.24, 2.45) is 5.73 Å². The number of carbonyl (C=O) groups excluding carboxylic acids is 1. The van der Waals surface area contributed by atoms with Gasteiger partial charge in [0.1, 0.15) is 0 Å². The molecule has 7 nitrogen and oxygen atoms in total. The Morgan fingerprint density at radius 1 is 1.48 bits per heavy atom. The highest BCUT2D eigenvalue weighted by Crippen LogP contribution is 2.26. The third-order valence-corrected chi connectivity index (χ3v) is 4.44. The van der Waals surface area contributed by atoms with E-state index >= 15 is 0 Å². The second-order valence-electron chi connectivity index (χ2n) is 4.90. The van der Waals surface area contributed by atoms with E-state index in [1.165, 1.54) is 12.1 Å². The Morgan fingerprint density at radius 2 is 2.19 bits per heavy atom. The summed E-state index contributed by atoms with van der Waals surface area (Å²) >= 11 is 0.925. The predicted molar refractivity (Wildman–Crippen MR) is 79.5 cm³/mol. The molecule has 0 spiro atoms. The molecular formula is C13H19N3O4S. The van der Waals surface area contributed by atoms with Crippen LogP contribution in [0.15, 0.2) is 12.1 Å². The molecule has 2 N–H and O–H groups in total. The molecule has 1 aliphatic rings. The molecule has 21 heavy (non-hydrogen) atoms. The number of thiophene rings is 1. The summed E-state index contributed by atoms with van der Waals surface area (Å²) in [7, 11) is 0. The first-order valence-electron chi connectivity index (χ1n) is 6.97. The van der Waals surface area contributed by atoms with Gasteiger partial charge in [0.2, 0.25) is 0 Å². The van der Waals surface area contributed by atoms with Crippen molar-refractivity contribution in [2.75, 3.05) is 26.2 Å². The van der Waals surface area contributed by atoms with Crippen LogP contribution in [0, 0.1) is 10.1 Å². The highest BCUT2D eigenvalue weighted by molar-refractivity contribution is 7.17. The largest absolute Gasteiger partial charge is 0.378 e. The molecule has 0 radical (unpaired) electrons. The van der Waals surface area contributed by atoms with Crippen molar-refractivity contribution in [2.45, 2.75) is 25.4 Å². The molecule has 1 aliphatic heterocycles. The smallest absolute Gasteiger partial charge is 0.324 e. The van der Waals surface area contributed by atoms with Gasteiger partial charge in [-0.3, -0.25) is 14.9 Å². The van der Waals surface area contributed by atoms with Crippen LogP contribution in [0.2, 0.25) is 0 Å². The lowest BCUT2D eigenvalue weighted by molar-refractivity contribution is -0.380. The van der Waals surface area contributed by atoms with Gasteiger partial charge in [-0.15, -0.1) is 0 Å². The van der Waals surface area contributed by atoms with Gasteiger partial charge >= 0.3 is 5.00 Å². The standard InChI is InChI=1S/C13H19N3O4S/c14-6-1-9-20-10-4-7-15(8-5-10)13(17)11-2-3-12(21-11)16(18)19/h2-3,10H,1,4-9,14H2. The lowest BCUT2D eigenvalue weighted by Crippen LogP contribution is -2.40. The molecule has 2 rings (SSSR count). The van der Waals surface area contributed by atoms with Crippen molar-refractivity contribution in [1.29, 1.82) is 0 Å². The summed E-state index contributed by atoms with van der Waals surface area (Å²) in [5, 5.41) is 10.6. The van der Waals surface area contributed by atoms with Crippen molar-refractivity contribution < 1.29 is 14.5 Å². The van der Waals surface area contributed by atoms with Crippen molar-refractivity contribution in [1.82, 2.24) is 4.90 Å². The third kappa shape index (κ3) is 4.23. The van der Waals surface area contributed by atoms with Crippen LogP contribution in [0.1, 0.15) is 28.9 Å². The summed E-state index contributed by atoms with van der Waals surface area (Å²) in [5.74, 6) is -0.131. The van der Waals surface area contributed by atoms with Gasteiger partial charge in [0, 0.05) is 25.8 Å². The van der Waals surface area contributed by atoms with Gasteiger partial charge in [-0.25, -0.2) is 0 Å². The average Bonchev–Trinajstić information content (AvgIpc) is 2.97. The Morgan fingerprint density at radius 3 is 2.76 bits per heavy atom. The predicted octanol–water partition coefficient (Wildman–Crippen LogP) is 1.63. The number of hydrogen-bond acceptors (Lipinski definition) is 6. The molecule has 0 aliphatic carbocycles. The lowest BCUT2D eigenvalue weighted by atomic mass is 10.1. The number of amides is 1. The van der Waals surface area contributed by atoms with Gasteiger partial charge in [0.15, 0.2) is 0 Å². The van der Waals surface area contributed by atoms with E-state index in [1.807, 2.05) is 0 Å². The normalized spacial score (nSPS) is 16.1. The monoisotopic (exact) mass is 313 g/mol. The first-order chi connectivity index (χ1) is 10.1. The van der Waals surface area contributed by atoms with Crippen LogP contribution >= 0.6 is 11.3 Å². The summed E-state index contributed by atoms with van der Waals surface area (Å²) in [6, 6.07) is 2.90. The number of piperidine rings is 1. The van der Waals surface area contributed by atoms with Gasteiger partial charge < -0.3 is 15.4 Å². The zero-order chi connectivity index (χ0) is 15.2. The maximum Gasteiger partial charge on any atom is 0.324 e. The molecule has 0 aromatic carbocycles. The second kappa shape index (κ2) is 7.48. The van der Waals surface area contributed by atoms with Crippen LogP contribution in [0.5, 0.6) is 0 Å². The number of hydrogen-bond donors (Lipinski definition) is 1. The van der Waals surface area contributed by atoms with Crippen molar-refractivity contribution in [3.63, 3.8) is 0 Å². The van der Waals surface area contributed by atoms with E-state index in [-0.39, 0.29) is 17.0 Å². The van der Waals surface area contributed by atoms with E-state index in [1.54, 1.807) is 4.90 Å². The lowest BCUT2D eigenvalue weighted by Gasteiger charge is -2.31. The van der Waals surface area contributed by atoms with Crippen molar-refractivity contribution >= 4 is 22.2 Å². The Labute approximate surface area is 126 Å². The Kier molecular flexibility index (Phi) is 5.66. The summed E-state index contributed by atoms with van der Waals surface area (Å²) in [6.07, 6.45) is 2.62. The number of nitrogens with zero attached hydrogens (tertiary/aromatic N) is 2. The van der Waals surface area contributed by atoms with Gasteiger partial charge in [0.25, 0.3) is 5.91 Å². The third-order valence-electron chi connectivity index (χ3n) is 3.41. The number of ether oxygens (including phenoxy) is 1. The summed E-state index contributed by atoms with van der Waals surface area (Å²) in [5.41, 5.74) is 5.41.